The van der Waals surface area contributed by atoms with E-state index >= 15 is 0 Å². The molecule has 0 fully saturated rings. The molecule has 0 aliphatic rings. The highest BCUT2D eigenvalue weighted by molar-refractivity contribution is 6.31. The van der Waals surface area contributed by atoms with E-state index in [4.69, 9.17) is 21.1 Å². The molecule has 86 valence electrons. The maximum absolute atomic E-state index is 5.98. The number of nitrogens with zero attached hydrogens (tertiary/aromatic N) is 1. The molecular formula is C12H14ClNO2. The summed E-state index contributed by atoms with van der Waals surface area (Å²) in [6.07, 6.45) is 1.76. The fourth-order valence-electron chi connectivity index (χ4n) is 1.72. The van der Waals surface area contributed by atoms with Crippen molar-refractivity contribution >= 4 is 22.5 Å². The van der Waals surface area contributed by atoms with Gasteiger partial charge in [-0.15, -0.1) is 0 Å². The summed E-state index contributed by atoms with van der Waals surface area (Å²) in [5, 5.41) is 1.90. The van der Waals surface area contributed by atoms with Crippen LogP contribution in [0.5, 0.6) is 0 Å². The molecule has 0 atom stereocenters. The van der Waals surface area contributed by atoms with E-state index in [0.29, 0.717) is 6.54 Å². The zero-order valence-corrected chi connectivity index (χ0v) is 10.1. The van der Waals surface area contributed by atoms with Gasteiger partial charge in [-0.1, -0.05) is 17.7 Å². The standard InChI is InChI=1S/C12H14ClNO2/c1-15-12(16-2)8-14-6-5-9-3-4-10(13)7-11(9)14/h3-7,12H,8H2,1-2H3. The van der Waals surface area contributed by atoms with Gasteiger partial charge < -0.3 is 14.0 Å². The molecule has 3 nitrogen and oxygen atoms in total. The quantitative estimate of drug-likeness (QED) is 0.766. The van der Waals surface area contributed by atoms with E-state index in [1.54, 1.807) is 14.2 Å². The molecule has 0 aliphatic heterocycles. The van der Waals surface area contributed by atoms with Crippen LogP contribution in [0.4, 0.5) is 0 Å². The van der Waals surface area contributed by atoms with E-state index in [1.807, 2.05) is 30.5 Å². The fraction of sp³-hybridized carbons (Fsp3) is 0.333. The van der Waals surface area contributed by atoms with Crippen molar-refractivity contribution in [2.24, 2.45) is 0 Å². The summed E-state index contributed by atoms with van der Waals surface area (Å²) in [6, 6.07) is 7.88. The van der Waals surface area contributed by atoms with Gasteiger partial charge >= 0.3 is 0 Å². The van der Waals surface area contributed by atoms with Crippen LogP contribution in [0.2, 0.25) is 5.02 Å². The first kappa shape index (κ1) is 11.5. The number of rotatable bonds is 4. The Labute approximate surface area is 99.5 Å². The van der Waals surface area contributed by atoms with Crippen LogP contribution in [0.25, 0.3) is 10.9 Å². The number of methoxy groups -OCH3 is 2. The van der Waals surface area contributed by atoms with E-state index in [-0.39, 0.29) is 6.29 Å². The summed E-state index contributed by atoms with van der Waals surface area (Å²) >= 11 is 5.98. The van der Waals surface area contributed by atoms with E-state index in [1.165, 1.54) is 0 Å². The summed E-state index contributed by atoms with van der Waals surface area (Å²) in [7, 11) is 3.26. The minimum atomic E-state index is -0.241. The largest absolute Gasteiger partial charge is 0.354 e. The third-order valence-electron chi connectivity index (χ3n) is 2.61. The predicted molar refractivity (Wildman–Crippen MR) is 64.8 cm³/mol. The zero-order chi connectivity index (χ0) is 11.5. The lowest BCUT2D eigenvalue weighted by Crippen LogP contribution is -2.19. The summed E-state index contributed by atoms with van der Waals surface area (Å²) in [5.41, 5.74) is 1.09. The predicted octanol–water partition coefficient (Wildman–Crippen LogP) is 2.91. The Bertz CT molecular complexity index is 477. The zero-order valence-electron chi connectivity index (χ0n) is 9.31. The molecule has 16 heavy (non-hydrogen) atoms. The van der Waals surface area contributed by atoms with Crippen molar-refractivity contribution in [2.75, 3.05) is 14.2 Å². The van der Waals surface area contributed by atoms with E-state index in [9.17, 15) is 0 Å². The van der Waals surface area contributed by atoms with Gasteiger partial charge in [-0.3, -0.25) is 0 Å². The first-order valence-electron chi connectivity index (χ1n) is 5.04. The minimum Gasteiger partial charge on any atom is -0.354 e. The highest BCUT2D eigenvalue weighted by Crippen LogP contribution is 2.21. The number of ether oxygens (including phenoxy) is 2. The smallest absolute Gasteiger partial charge is 0.174 e. The maximum atomic E-state index is 5.98. The van der Waals surface area contributed by atoms with Gasteiger partial charge in [0.2, 0.25) is 0 Å². The number of halogens is 1. The summed E-state index contributed by atoms with van der Waals surface area (Å²) in [6.45, 7) is 0.650. The van der Waals surface area contributed by atoms with Gasteiger partial charge in [0.1, 0.15) is 0 Å². The molecule has 1 heterocycles. The van der Waals surface area contributed by atoms with Crippen molar-refractivity contribution in [3.05, 3.63) is 35.5 Å². The normalized spacial score (nSPS) is 11.5. The Morgan fingerprint density at radius 3 is 2.69 bits per heavy atom. The van der Waals surface area contributed by atoms with Gasteiger partial charge in [0.15, 0.2) is 6.29 Å². The van der Waals surface area contributed by atoms with Crippen LogP contribution in [0.1, 0.15) is 0 Å². The topological polar surface area (TPSA) is 23.4 Å². The van der Waals surface area contributed by atoms with Gasteiger partial charge in [-0.25, -0.2) is 0 Å². The van der Waals surface area contributed by atoms with Crippen LogP contribution >= 0.6 is 11.6 Å². The van der Waals surface area contributed by atoms with Gasteiger partial charge in [0.05, 0.1) is 6.54 Å². The minimum absolute atomic E-state index is 0.241. The van der Waals surface area contributed by atoms with Crippen LogP contribution in [-0.4, -0.2) is 25.1 Å². The Morgan fingerprint density at radius 1 is 1.25 bits per heavy atom. The lowest BCUT2D eigenvalue weighted by molar-refractivity contribution is -0.110. The third-order valence-corrected chi connectivity index (χ3v) is 2.84. The van der Waals surface area contributed by atoms with Crippen molar-refractivity contribution in [1.29, 1.82) is 0 Å². The van der Waals surface area contributed by atoms with E-state index in [0.717, 1.165) is 15.9 Å². The molecule has 1 aromatic heterocycles. The number of aromatic nitrogens is 1. The Kier molecular flexibility index (Phi) is 3.49. The second kappa shape index (κ2) is 4.87. The molecule has 0 radical (unpaired) electrons. The highest BCUT2D eigenvalue weighted by atomic mass is 35.5. The molecule has 0 spiro atoms. The molecule has 2 aromatic rings. The van der Waals surface area contributed by atoms with Crippen molar-refractivity contribution in [1.82, 2.24) is 4.57 Å². The molecule has 0 saturated carbocycles. The molecule has 0 N–H and O–H groups in total. The lowest BCUT2D eigenvalue weighted by Gasteiger charge is -2.14. The second-order valence-electron chi connectivity index (χ2n) is 3.57. The number of benzene rings is 1. The lowest BCUT2D eigenvalue weighted by atomic mass is 10.2. The molecule has 0 unspecified atom stereocenters. The first-order valence-corrected chi connectivity index (χ1v) is 5.42. The van der Waals surface area contributed by atoms with Crippen molar-refractivity contribution < 1.29 is 9.47 Å². The molecule has 0 saturated heterocycles. The van der Waals surface area contributed by atoms with Crippen molar-refractivity contribution in [2.45, 2.75) is 12.8 Å². The SMILES string of the molecule is COC(Cn1ccc2ccc(Cl)cc21)OC. The maximum Gasteiger partial charge on any atom is 0.174 e. The average Bonchev–Trinajstić information content (AvgIpc) is 2.68. The van der Waals surface area contributed by atoms with Crippen LogP contribution < -0.4 is 0 Å². The van der Waals surface area contributed by atoms with Crippen LogP contribution in [-0.2, 0) is 16.0 Å². The number of fused-ring (bicyclic) bond motifs is 1. The first-order chi connectivity index (χ1) is 7.74. The molecule has 0 amide bonds. The second-order valence-corrected chi connectivity index (χ2v) is 4.01. The average molecular weight is 240 g/mol. The third kappa shape index (κ3) is 2.21. The molecule has 0 bridgehead atoms. The van der Waals surface area contributed by atoms with E-state index in [2.05, 4.69) is 4.57 Å². The fourth-order valence-corrected chi connectivity index (χ4v) is 1.89. The Balaban J connectivity index is 2.33. The highest BCUT2D eigenvalue weighted by Gasteiger charge is 2.08. The van der Waals surface area contributed by atoms with Gasteiger partial charge in [0, 0.05) is 31.0 Å². The molecule has 4 heteroatoms. The molecule has 0 aliphatic carbocycles. The monoisotopic (exact) mass is 239 g/mol. The summed E-state index contributed by atoms with van der Waals surface area (Å²) in [4.78, 5) is 0. The van der Waals surface area contributed by atoms with Crippen molar-refractivity contribution in [3.8, 4) is 0 Å². The Morgan fingerprint density at radius 2 is 2.00 bits per heavy atom. The van der Waals surface area contributed by atoms with E-state index < -0.39 is 0 Å². The number of hydrogen-bond donors (Lipinski definition) is 0. The molecular weight excluding hydrogens is 226 g/mol. The van der Waals surface area contributed by atoms with Gasteiger partial charge in [-0.2, -0.15) is 0 Å². The van der Waals surface area contributed by atoms with Crippen molar-refractivity contribution in [3.63, 3.8) is 0 Å². The van der Waals surface area contributed by atoms with Gasteiger partial charge in [0.25, 0.3) is 0 Å². The number of hydrogen-bond acceptors (Lipinski definition) is 2. The summed E-state index contributed by atoms with van der Waals surface area (Å²) in [5.74, 6) is 0. The van der Waals surface area contributed by atoms with Crippen LogP contribution in [0, 0.1) is 0 Å². The molecule has 2 rings (SSSR count). The van der Waals surface area contributed by atoms with Crippen LogP contribution in [0.15, 0.2) is 30.5 Å². The van der Waals surface area contributed by atoms with Crippen LogP contribution in [0.3, 0.4) is 0 Å². The van der Waals surface area contributed by atoms with Gasteiger partial charge in [-0.05, 0) is 23.6 Å². The molecule has 1 aromatic carbocycles. The summed E-state index contributed by atoms with van der Waals surface area (Å²) < 4.78 is 12.4. The Hall–Kier alpha value is -1.03.